The van der Waals surface area contributed by atoms with Crippen LogP contribution in [0.25, 0.3) is 0 Å². The molecule has 1 aliphatic rings. The first-order valence-electron chi connectivity index (χ1n) is 26.2. The number of esters is 2. The highest BCUT2D eigenvalue weighted by atomic mass is 31.3. The molecular formula is C51H87N3O17P2. The van der Waals surface area contributed by atoms with Crippen LogP contribution >= 0.6 is 15.6 Å². The van der Waals surface area contributed by atoms with E-state index in [1.165, 1.54) is 57.4 Å². The van der Waals surface area contributed by atoms with Crippen molar-refractivity contribution in [2.45, 2.75) is 211 Å². The molecule has 1 fully saturated rings. The van der Waals surface area contributed by atoms with Crippen molar-refractivity contribution in [2.75, 3.05) is 25.6 Å². The molecule has 1 aromatic heterocycles. The minimum atomic E-state index is -5.49. The number of aliphatic hydroxyl groups is 4. The molecule has 0 bridgehead atoms. The van der Waals surface area contributed by atoms with Gasteiger partial charge in [0.15, 0.2) is 12.3 Å². The van der Waals surface area contributed by atoms with Crippen molar-refractivity contribution in [1.82, 2.24) is 9.55 Å². The van der Waals surface area contributed by atoms with E-state index in [4.69, 9.17) is 29.0 Å². The smallest absolute Gasteiger partial charge is 0.462 e. The van der Waals surface area contributed by atoms with E-state index in [-0.39, 0.29) is 37.9 Å². The van der Waals surface area contributed by atoms with Gasteiger partial charge in [0, 0.05) is 19.0 Å². The van der Waals surface area contributed by atoms with Gasteiger partial charge in [-0.15, -0.1) is 0 Å². The fourth-order valence-corrected chi connectivity index (χ4v) is 9.75. The highest BCUT2D eigenvalue weighted by Gasteiger charge is 2.46. The highest BCUT2D eigenvalue weighted by molar-refractivity contribution is 7.61. The summed E-state index contributed by atoms with van der Waals surface area (Å²) in [6.07, 6.45) is 26.5. The Morgan fingerprint density at radius 1 is 0.726 bits per heavy atom. The summed E-state index contributed by atoms with van der Waals surface area (Å²) in [4.78, 5) is 62.0. The number of aromatic nitrogens is 2. The minimum Gasteiger partial charge on any atom is -0.462 e. The number of unbranched alkanes of at least 4 members (excludes halogenated alkanes) is 12. The van der Waals surface area contributed by atoms with Crippen LogP contribution in [-0.4, -0.2) is 108 Å². The summed E-state index contributed by atoms with van der Waals surface area (Å²) in [6, 6.07) is 1.23. The van der Waals surface area contributed by atoms with E-state index in [9.17, 15) is 53.7 Å². The maximum absolute atomic E-state index is 12.9. The molecule has 8 N–H and O–H groups in total. The molecule has 1 saturated heterocycles. The van der Waals surface area contributed by atoms with Crippen LogP contribution in [0.15, 0.2) is 65.7 Å². The molecule has 1 aromatic rings. The molecule has 20 nitrogen and oxygen atoms in total. The first-order valence-corrected chi connectivity index (χ1v) is 29.2. The Balaban J connectivity index is 1.85. The predicted octanol–water partition coefficient (Wildman–Crippen LogP) is 8.75. The van der Waals surface area contributed by atoms with E-state index < -0.39 is 95.9 Å². The standard InChI is InChI=1S/C51H87N3O17P2/c1-4-5-6-7-8-9-10-15-18-21-24-27-31-42(55)43(56)32-29-34-46(57)66-37-41(69-47(58)33-28-25-22-19-16-13-11-12-14-17-20-23-26-30-40(2)3)38-67-72(62,63)71-73(64,65)68-39-44-48(59)49(60)50(70-44)54-36-35-45(52)53-51(54)61/h5-6,8-9,15,18,24,27,35-36,40-44,48-50,55-56,59-60H,4,7,10-14,16-17,19-23,25-26,28-34,37-39H2,1-3H3,(H,62,63)(H,64,65)(H2,52,53,61)/b6-5-,9-8-,18-15-,27-24-/t41-,42+,43+,44-,48-,49-,50-/m1/s1. The third kappa shape index (κ3) is 31.3. The normalized spacial score (nSPS) is 20.3. The molecule has 22 heteroatoms. The molecule has 0 amide bonds. The third-order valence-electron chi connectivity index (χ3n) is 11.8. The van der Waals surface area contributed by atoms with Crippen LogP contribution in [-0.2, 0) is 46.3 Å². The Bertz CT molecular complexity index is 1960. The number of carbonyl (C=O) groups is 2. The van der Waals surface area contributed by atoms with Crippen molar-refractivity contribution >= 4 is 33.4 Å². The third-order valence-corrected chi connectivity index (χ3v) is 14.4. The number of nitrogen functional groups attached to an aromatic ring is 1. The number of hydrogen-bond donors (Lipinski definition) is 7. The Kier molecular flexibility index (Phi) is 34.4. The lowest BCUT2D eigenvalue weighted by atomic mass is 10.0. The lowest BCUT2D eigenvalue weighted by Gasteiger charge is -2.21. The van der Waals surface area contributed by atoms with Gasteiger partial charge in [0.2, 0.25) is 0 Å². The molecule has 1 aliphatic heterocycles. The molecule has 0 spiro atoms. The largest absolute Gasteiger partial charge is 0.481 e. The number of rotatable bonds is 42. The molecule has 9 atom stereocenters. The molecule has 2 rings (SSSR count). The van der Waals surface area contributed by atoms with Gasteiger partial charge in [-0.1, -0.05) is 153 Å². The Morgan fingerprint density at radius 3 is 1.84 bits per heavy atom. The Labute approximate surface area is 432 Å². The van der Waals surface area contributed by atoms with Crippen molar-refractivity contribution in [3.8, 4) is 0 Å². The molecule has 0 aromatic carbocycles. The van der Waals surface area contributed by atoms with Crippen LogP contribution < -0.4 is 11.4 Å². The van der Waals surface area contributed by atoms with E-state index in [0.717, 1.165) is 68.0 Å². The van der Waals surface area contributed by atoms with Crippen LogP contribution in [0, 0.1) is 5.92 Å². The van der Waals surface area contributed by atoms with Gasteiger partial charge in [-0.25, -0.2) is 13.9 Å². The Hall–Kier alpha value is -3.36. The number of allylic oxidation sites excluding steroid dienone is 7. The zero-order valence-electron chi connectivity index (χ0n) is 43.3. The van der Waals surface area contributed by atoms with Gasteiger partial charge in [-0.2, -0.15) is 9.29 Å². The topological polar surface area (TPSA) is 306 Å². The van der Waals surface area contributed by atoms with Gasteiger partial charge >= 0.3 is 33.3 Å². The molecule has 2 heterocycles. The number of nitrogens with two attached hydrogens (primary N) is 1. The Morgan fingerprint density at radius 2 is 1.26 bits per heavy atom. The fourth-order valence-electron chi connectivity index (χ4n) is 7.64. The zero-order chi connectivity index (χ0) is 53.9. The van der Waals surface area contributed by atoms with Crippen LogP contribution in [0.1, 0.15) is 175 Å². The highest BCUT2D eigenvalue weighted by Crippen LogP contribution is 2.60. The number of hydrogen-bond acceptors (Lipinski definition) is 17. The fraction of sp³-hybridized carbons (Fsp3) is 0.725. The van der Waals surface area contributed by atoms with Crippen LogP contribution in [0.3, 0.4) is 0 Å². The van der Waals surface area contributed by atoms with Crippen LogP contribution in [0.5, 0.6) is 0 Å². The summed E-state index contributed by atoms with van der Waals surface area (Å²) in [5.74, 6) is -0.827. The second-order valence-electron chi connectivity index (χ2n) is 18.8. The second-order valence-corrected chi connectivity index (χ2v) is 21.8. The van der Waals surface area contributed by atoms with E-state index in [1.54, 1.807) is 6.08 Å². The van der Waals surface area contributed by atoms with Gasteiger partial charge in [-0.05, 0) is 63.4 Å². The summed E-state index contributed by atoms with van der Waals surface area (Å²) >= 11 is 0. The van der Waals surface area contributed by atoms with Gasteiger partial charge in [-0.3, -0.25) is 23.2 Å². The van der Waals surface area contributed by atoms with Crippen molar-refractivity contribution < 1.29 is 76.5 Å². The number of phosphoric ester groups is 2. The second kappa shape index (κ2) is 38.2. The first kappa shape index (κ1) is 65.8. The number of ether oxygens (including phenoxy) is 3. The van der Waals surface area contributed by atoms with E-state index in [2.05, 4.69) is 54.4 Å². The molecule has 0 aliphatic carbocycles. The molecule has 73 heavy (non-hydrogen) atoms. The number of phosphoric acid groups is 2. The number of nitrogens with zero attached hydrogens (tertiary/aromatic N) is 2. The maximum atomic E-state index is 12.9. The molecule has 0 radical (unpaired) electrons. The van der Waals surface area contributed by atoms with E-state index in [1.807, 2.05) is 18.2 Å². The molecule has 418 valence electrons. The summed E-state index contributed by atoms with van der Waals surface area (Å²) in [5, 5.41) is 41.8. The number of carbonyl (C=O) groups excluding carboxylic acids is 2. The minimum absolute atomic E-state index is 0.0101. The first-order chi connectivity index (χ1) is 34.8. The van der Waals surface area contributed by atoms with E-state index in [0.29, 0.717) is 12.8 Å². The molecule has 2 unspecified atom stereocenters. The van der Waals surface area contributed by atoms with Gasteiger partial charge in [0.25, 0.3) is 0 Å². The average Bonchev–Trinajstić information content (AvgIpc) is 3.61. The summed E-state index contributed by atoms with van der Waals surface area (Å²) in [5.41, 5.74) is 4.57. The molecule has 0 saturated carbocycles. The average molecular weight is 1080 g/mol. The van der Waals surface area contributed by atoms with Crippen LogP contribution in [0.2, 0.25) is 0 Å². The van der Waals surface area contributed by atoms with Crippen molar-refractivity contribution in [2.24, 2.45) is 5.92 Å². The lowest BCUT2D eigenvalue weighted by Crippen LogP contribution is -2.36. The maximum Gasteiger partial charge on any atom is 0.481 e. The van der Waals surface area contributed by atoms with Crippen molar-refractivity contribution in [3.05, 3.63) is 71.4 Å². The van der Waals surface area contributed by atoms with Gasteiger partial charge in [0.05, 0.1) is 25.4 Å². The summed E-state index contributed by atoms with van der Waals surface area (Å²) in [7, 11) is -11.0. The SMILES string of the molecule is CC/C=C\C/C=C\C/C=C\C/C=C\C[C@H](O)[C@@H](O)CCCC(=O)OC[C@H](COP(=O)(O)OP(=O)(O)OC[C@H]1O[C@@H](n2ccc(N)nc2=O)[C@H](O)[C@@H]1O)OC(=O)CCCCCCCCCCCCCCCC(C)C. The van der Waals surface area contributed by atoms with Gasteiger partial charge in [0.1, 0.15) is 30.7 Å². The zero-order valence-corrected chi connectivity index (χ0v) is 45.1. The predicted molar refractivity (Wildman–Crippen MR) is 278 cm³/mol. The monoisotopic (exact) mass is 1080 g/mol. The quantitative estimate of drug-likeness (QED) is 0.0139. The molecular weight excluding hydrogens is 989 g/mol. The van der Waals surface area contributed by atoms with E-state index >= 15 is 0 Å². The lowest BCUT2D eigenvalue weighted by molar-refractivity contribution is -0.161. The van der Waals surface area contributed by atoms with Crippen molar-refractivity contribution in [3.63, 3.8) is 0 Å². The number of anilines is 1. The summed E-state index contributed by atoms with van der Waals surface area (Å²) < 4.78 is 56.6. The van der Waals surface area contributed by atoms with Gasteiger partial charge < -0.3 is 50.2 Å². The van der Waals surface area contributed by atoms with Crippen LogP contribution in [0.4, 0.5) is 5.82 Å². The van der Waals surface area contributed by atoms with Crippen molar-refractivity contribution in [1.29, 1.82) is 0 Å². The number of aliphatic hydroxyl groups excluding tert-OH is 4. The summed E-state index contributed by atoms with van der Waals surface area (Å²) in [6.45, 7) is 4.07.